The number of esters is 1. The van der Waals surface area contributed by atoms with Crippen LogP contribution in [0.3, 0.4) is 0 Å². The molecule has 0 aromatic heterocycles. The van der Waals surface area contributed by atoms with Gasteiger partial charge in [-0.2, -0.15) is 0 Å². The summed E-state index contributed by atoms with van der Waals surface area (Å²) in [5.41, 5.74) is 1.59. The molecule has 0 radical (unpaired) electrons. The van der Waals surface area contributed by atoms with Crippen LogP contribution in [0.4, 0.5) is 0 Å². The van der Waals surface area contributed by atoms with Gasteiger partial charge in [-0.1, -0.05) is 0 Å². The van der Waals surface area contributed by atoms with E-state index in [1.54, 1.807) is 5.57 Å². The number of alkyl halides is 2. The minimum atomic E-state index is -1.14. The summed E-state index contributed by atoms with van der Waals surface area (Å²) in [6.45, 7) is 4.32. The number of hydrogen-bond acceptors (Lipinski definition) is 5. The van der Waals surface area contributed by atoms with Crippen molar-refractivity contribution in [3.63, 3.8) is 0 Å². The maximum absolute atomic E-state index is 12.3. The standard InChI is InChI=1S/C15H22I2N2O3/c1-9-5-10-3-4-12(11(6-9)7-10)21-8-22-13(20)14(2,16)15-17(18-15)19-15/h5,9,11-12,18-19H,3-4,6-8H2,1-2H3. The first-order chi connectivity index (χ1) is 10.4. The van der Waals surface area contributed by atoms with Gasteiger partial charge in [0, 0.05) is 0 Å². The Kier molecular flexibility index (Phi) is 4.04. The van der Waals surface area contributed by atoms with E-state index in [0.717, 1.165) is 19.3 Å². The number of nitrogens with one attached hydrogen (secondary N) is 2. The fourth-order valence-electron chi connectivity index (χ4n) is 3.72. The van der Waals surface area contributed by atoms with E-state index in [1.807, 2.05) is 6.92 Å². The van der Waals surface area contributed by atoms with Crippen molar-refractivity contribution in [2.45, 2.75) is 52.7 Å². The summed E-state index contributed by atoms with van der Waals surface area (Å²) >= 11 is 1.07. The number of carbonyl (C=O) groups is 1. The van der Waals surface area contributed by atoms with E-state index in [1.165, 1.54) is 6.42 Å². The summed E-state index contributed by atoms with van der Waals surface area (Å²) in [6.07, 6.45) is 7.22. The van der Waals surface area contributed by atoms with Gasteiger partial charge >= 0.3 is 153 Å². The van der Waals surface area contributed by atoms with Crippen LogP contribution in [-0.2, 0) is 14.3 Å². The summed E-state index contributed by atoms with van der Waals surface area (Å²) in [5, 5.41) is 0. The first-order valence-electron chi connectivity index (χ1n) is 7.85. The van der Waals surface area contributed by atoms with Crippen LogP contribution in [0.1, 0.15) is 39.5 Å². The zero-order valence-electron chi connectivity index (χ0n) is 12.8. The van der Waals surface area contributed by atoms with Gasteiger partial charge in [-0.15, -0.1) is 0 Å². The number of allylic oxidation sites excluding steroid dienone is 2. The minimum absolute atomic E-state index is 0.0715. The second-order valence-electron chi connectivity index (χ2n) is 6.93. The molecule has 3 fully saturated rings. The Balaban J connectivity index is 1.27. The van der Waals surface area contributed by atoms with Crippen molar-refractivity contribution in [2.75, 3.05) is 6.79 Å². The zero-order valence-corrected chi connectivity index (χ0v) is 17.1. The molecule has 4 atom stereocenters. The molecule has 2 heterocycles. The van der Waals surface area contributed by atoms with Crippen LogP contribution in [0.2, 0.25) is 0 Å². The van der Waals surface area contributed by atoms with Crippen molar-refractivity contribution < 1.29 is 14.3 Å². The molecular weight excluding hydrogens is 510 g/mol. The van der Waals surface area contributed by atoms with Crippen LogP contribution < -0.4 is 7.06 Å². The molecule has 2 aliphatic carbocycles. The SMILES string of the molecule is CC1C=C2CCC(OCOC(=O)C(C)(I)C34NI3N4)C(C2)C1. The van der Waals surface area contributed by atoms with Gasteiger partial charge in [0.05, 0.1) is 0 Å². The van der Waals surface area contributed by atoms with E-state index in [2.05, 4.69) is 42.7 Å². The molecule has 124 valence electrons. The molecule has 22 heavy (non-hydrogen) atoms. The van der Waals surface area contributed by atoms with E-state index in [-0.39, 0.29) is 22.5 Å². The first kappa shape index (κ1) is 16.0. The molecule has 2 bridgehead atoms. The number of carbonyl (C=O) groups excluding carboxylic acids is 1. The van der Waals surface area contributed by atoms with Gasteiger partial charge in [0.2, 0.25) is 0 Å². The molecule has 0 aromatic rings. The maximum atomic E-state index is 12.3. The predicted molar refractivity (Wildman–Crippen MR) is 100 cm³/mol. The molecule has 2 N–H and O–H groups in total. The molecule has 2 aliphatic heterocycles. The van der Waals surface area contributed by atoms with Crippen molar-refractivity contribution in [3.8, 4) is 0 Å². The number of halogens is 2. The quantitative estimate of drug-likeness (QED) is 0.0833. The second kappa shape index (κ2) is 5.53. The summed E-state index contributed by atoms with van der Waals surface area (Å²) in [7, 11) is 0. The second-order valence-corrected chi connectivity index (χ2v) is 13.4. The number of rotatable bonds is 5. The molecule has 1 saturated carbocycles. The molecular formula is C15H22I2N2O3. The van der Waals surface area contributed by atoms with Gasteiger partial charge < -0.3 is 0 Å². The third-order valence-corrected chi connectivity index (χ3v) is 12.3. The molecule has 7 heteroatoms. The molecule has 4 rings (SSSR count). The Bertz CT molecular complexity index is 531. The van der Waals surface area contributed by atoms with Crippen LogP contribution in [-0.4, -0.2) is 26.0 Å². The van der Waals surface area contributed by atoms with E-state index in [4.69, 9.17) is 9.47 Å². The Morgan fingerprint density at radius 2 is 2.32 bits per heavy atom. The first-order valence-corrected chi connectivity index (χ1v) is 12.2. The summed E-state index contributed by atoms with van der Waals surface area (Å²) < 4.78 is 17.6. The molecule has 5 nitrogen and oxygen atoms in total. The van der Waals surface area contributed by atoms with Crippen LogP contribution >= 0.6 is 43.0 Å². The summed E-state index contributed by atoms with van der Waals surface area (Å²) in [6, 6.07) is 0. The third kappa shape index (κ3) is 2.64. The van der Waals surface area contributed by atoms with Crippen LogP contribution in [0.25, 0.3) is 0 Å². The van der Waals surface area contributed by atoms with E-state index in [9.17, 15) is 4.79 Å². The topological polar surface area (TPSA) is 79.4 Å². The van der Waals surface area contributed by atoms with Crippen molar-refractivity contribution in [3.05, 3.63) is 11.6 Å². The average Bonchev–Trinajstić information content (AvgIpc) is 3.30. The van der Waals surface area contributed by atoms with Gasteiger partial charge in [0.15, 0.2) is 0 Å². The fourth-order valence-corrected chi connectivity index (χ4v) is 11.5. The Morgan fingerprint density at radius 3 is 3.00 bits per heavy atom. The van der Waals surface area contributed by atoms with Crippen molar-refractivity contribution in [1.82, 2.24) is 7.06 Å². The Labute approximate surface area is 152 Å². The number of fused-ring (bicyclic) bond motifs is 3. The van der Waals surface area contributed by atoms with Crippen molar-refractivity contribution in [2.24, 2.45) is 11.8 Å². The van der Waals surface area contributed by atoms with Crippen LogP contribution in [0.15, 0.2) is 11.6 Å². The van der Waals surface area contributed by atoms with Gasteiger partial charge in [0.1, 0.15) is 0 Å². The van der Waals surface area contributed by atoms with Crippen molar-refractivity contribution in [1.29, 1.82) is 0 Å². The van der Waals surface area contributed by atoms with Gasteiger partial charge in [-0.3, -0.25) is 0 Å². The predicted octanol–water partition coefficient (Wildman–Crippen LogP) is 3.03. The summed E-state index contributed by atoms with van der Waals surface area (Å²) in [5.74, 6) is 1.09. The third-order valence-electron chi connectivity index (χ3n) is 5.16. The molecule has 4 unspecified atom stereocenters. The van der Waals surface area contributed by atoms with Gasteiger partial charge in [-0.05, 0) is 0 Å². The molecule has 0 amide bonds. The number of ether oxygens (including phenoxy) is 2. The van der Waals surface area contributed by atoms with Crippen LogP contribution in [0.5, 0.6) is 0 Å². The normalized spacial score (nSPS) is 38.4. The average molecular weight is 532 g/mol. The Morgan fingerprint density at radius 1 is 1.59 bits per heavy atom. The van der Waals surface area contributed by atoms with Crippen LogP contribution in [0, 0.1) is 11.8 Å². The Hall–Kier alpha value is 0.550. The summed E-state index contributed by atoms with van der Waals surface area (Å²) in [4.78, 5) is 12.3. The van der Waals surface area contributed by atoms with E-state index < -0.39 is 23.8 Å². The fraction of sp³-hybridized carbons (Fsp3) is 0.800. The van der Waals surface area contributed by atoms with E-state index in [0.29, 0.717) is 11.8 Å². The van der Waals surface area contributed by atoms with Gasteiger partial charge in [0.25, 0.3) is 0 Å². The molecule has 4 aliphatic rings. The van der Waals surface area contributed by atoms with Crippen molar-refractivity contribution >= 4 is 48.9 Å². The molecule has 2 saturated heterocycles. The monoisotopic (exact) mass is 532 g/mol. The zero-order chi connectivity index (χ0) is 15.5. The number of hydrogen-bond donors (Lipinski definition) is 2. The van der Waals surface area contributed by atoms with Gasteiger partial charge in [-0.25, -0.2) is 0 Å². The molecule has 0 aromatic carbocycles. The molecule has 0 spiro atoms. The van der Waals surface area contributed by atoms with E-state index >= 15 is 0 Å².